The first-order valence-corrected chi connectivity index (χ1v) is 6.21. The molecule has 0 fully saturated rings. The predicted octanol–water partition coefficient (Wildman–Crippen LogP) is 3.32. The average Bonchev–Trinajstić information content (AvgIpc) is 2.74. The Morgan fingerprint density at radius 3 is 2.24 bits per heavy atom. The molecule has 2 radical (unpaired) electrons. The van der Waals surface area contributed by atoms with Gasteiger partial charge in [0.2, 0.25) is 6.67 Å². The topological polar surface area (TPSA) is 15.3 Å². The molecule has 0 saturated carbocycles. The van der Waals surface area contributed by atoms with Gasteiger partial charge >= 0.3 is 0 Å². The van der Waals surface area contributed by atoms with E-state index in [0.717, 1.165) is 0 Å². The van der Waals surface area contributed by atoms with Crippen molar-refractivity contribution in [2.45, 2.75) is 33.7 Å². The van der Waals surface area contributed by atoms with Crippen molar-refractivity contribution in [1.29, 1.82) is 0 Å². The van der Waals surface area contributed by atoms with Gasteiger partial charge in [-0.05, 0) is 25.3 Å². The fraction of sp³-hybridized carbons (Fsp3) is 0.400. The molecule has 0 spiro atoms. The van der Waals surface area contributed by atoms with Crippen molar-refractivity contribution in [2.75, 3.05) is 0 Å². The third kappa shape index (κ3) is 2.31. The average molecular weight is 228 g/mol. The normalized spacial score (nSPS) is 16.0. The van der Waals surface area contributed by atoms with E-state index < -0.39 is 0 Å². The molecule has 1 aliphatic heterocycles. The van der Waals surface area contributed by atoms with E-state index in [1.165, 1.54) is 17.0 Å². The van der Waals surface area contributed by atoms with Crippen LogP contribution in [-0.4, -0.2) is 10.9 Å². The highest BCUT2D eigenvalue weighted by Gasteiger charge is 2.27. The number of hydrogen-bond acceptors (Lipinski definition) is 2. The number of benzene rings is 1. The van der Waals surface area contributed by atoms with Crippen LogP contribution in [0.1, 0.15) is 33.3 Å². The Labute approximate surface area is 104 Å². The molecule has 1 aromatic rings. The third-order valence-corrected chi connectivity index (χ3v) is 2.95. The van der Waals surface area contributed by atoms with Gasteiger partial charge in [0.05, 0.1) is 5.70 Å². The van der Waals surface area contributed by atoms with E-state index in [1.54, 1.807) is 0 Å². The van der Waals surface area contributed by atoms with Crippen molar-refractivity contribution in [3.63, 3.8) is 0 Å². The third-order valence-electron chi connectivity index (χ3n) is 2.95. The van der Waals surface area contributed by atoms with Crippen LogP contribution in [0.4, 0.5) is 0 Å². The summed E-state index contributed by atoms with van der Waals surface area (Å²) in [6.45, 7) is 12.0. The smallest absolute Gasteiger partial charge is 0.205 e. The van der Waals surface area contributed by atoms with Gasteiger partial charge in [-0.15, -0.1) is 0 Å². The Morgan fingerprint density at radius 1 is 1.06 bits per heavy atom. The largest absolute Gasteiger partial charge is 0.357 e. The molecule has 0 bridgehead atoms. The lowest BCUT2D eigenvalue weighted by Crippen LogP contribution is -2.25. The molecular formula is C15H20N2. The standard InChI is InChI=1S/C15H20N2/c1-11(2)14-15(13-8-6-5-7-9-13)17(10-16-14)12(3)4/h5-9,11-12,16H,1-4H3. The maximum atomic E-state index is 3.29. The lowest BCUT2D eigenvalue weighted by molar-refractivity contribution is 0.396. The van der Waals surface area contributed by atoms with Crippen LogP contribution in [-0.2, 0) is 0 Å². The van der Waals surface area contributed by atoms with E-state index in [1.807, 2.05) is 0 Å². The molecule has 17 heavy (non-hydrogen) atoms. The monoisotopic (exact) mass is 228 g/mol. The Hall–Kier alpha value is -1.44. The first kappa shape index (κ1) is 12.0. The summed E-state index contributed by atoms with van der Waals surface area (Å²) in [5, 5.41) is 3.29. The first-order valence-electron chi connectivity index (χ1n) is 6.21. The molecule has 1 N–H and O–H groups in total. The summed E-state index contributed by atoms with van der Waals surface area (Å²) in [4.78, 5) is 2.19. The molecule has 1 heterocycles. The molecule has 1 aromatic carbocycles. The first-order chi connectivity index (χ1) is 8.11. The van der Waals surface area contributed by atoms with Gasteiger partial charge in [-0.3, -0.25) is 0 Å². The minimum Gasteiger partial charge on any atom is -0.357 e. The minimum atomic E-state index is 0.411. The molecule has 0 aromatic heterocycles. The van der Waals surface area contributed by atoms with Crippen LogP contribution in [0.2, 0.25) is 0 Å². The van der Waals surface area contributed by atoms with Gasteiger partial charge in [0.1, 0.15) is 0 Å². The van der Waals surface area contributed by atoms with Crippen LogP contribution in [0.3, 0.4) is 0 Å². The molecular weight excluding hydrogens is 208 g/mol. The minimum absolute atomic E-state index is 0.411. The van der Waals surface area contributed by atoms with Crippen LogP contribution in [0.25, 0.3) is 5.70 Å². The molecule has 90 valence electrons. The summed E-state index contributed by atoms with van der Waals surface area (Å²) in [6, 6.07) is 10.9. The summed E-state index contributed by atoms with van der Waals surface area (Å²) in [5.41, 5.74) is 3.77. The zero-order chi connectivity index (χ0) is 12.4. The summed E-state index contributed by atoms with van der Waals surface area (Å²) in [6.07, 6.45) is 0. The van der Waals surface area contributed by atoms with Gasteiger partial charge in [-0.25, -0.2) is 0 Å². The zero-order valence-corrected chi connectivity index (χ0v) is 11.0. The number of rotatable bonds is 3. The van der Waals surface area contributed by atoms with Gasteiger partial charge in [-0.1, -0.05) is 44.2 Å². The summed E-state index contributed by atoms with van der Waals surface area (Å²) >= 11 is 0. The summed E-state index contributed by atoms with van der Waals surface area (Å²) < 4.78 is 0. The Balaban J connectivity index is 2.46. The molecule has 0 amide bonds. The van der Waals surface area contributed by atoms with Crippen molar-refractivity contribution in [3.8, 4) is 0 Å². The SMILES string of the molecule is CC(C)C1=C(c2ccccc2)N(C(C)C)[C]N1. The fourth-order valence-electron chi connectivity index (χ4n) is 2.06. The highest BCUT2D eigenvalue weighted by atomic mass is 15.3. The lowest BCUT2D eigenvalue weighted by Gasteiger charge is -2.24. The molecule has 2 heteroatoms. The van der Waals surface area contributed by atoms with Crippen molar-refractivity contribution in [1.82, 2.24) is 10.2 Å². The molecule has 0 atom stereocenters. The Morgan fingerprint density at radius 2 is 1.71 bits per heavy atom. The maximum absolute atomic E-state index is 3.29. The van der Waals surface area contributed by atoms with Gasteiger partial charge in [0, 0.05) is 11.7 Å². The molecule has 0 unspecified atom stereocenters. The molecule has 0 saturated heterocycles. The van der Waals surface area contributed by atoms with Crippen molar-refractivity contribution >= 4 is 5.70 Å². The van der Waals surface area contributed by atoms with Crippen molar-refractivity contribution < 1.29 is 0 Å². The van der Waals surface area contributed by atoms with Crippen molar-refractivity contribution in [3.05, 3.63) is 48.3 Å². The summed E-state index contributed by atoms with van der Waals surface area (Å²) in [7, 11) is 0. The van der Waals surface area contributed by atoms with E-state index in [-0.39, 0.29) is 0 Å². The van der Waals surface area contributed by atoms with Crippen LogP contribution in [0, 0.1) is 12.6 Å². The van der Waals surface area contributed by atoms with Gasteiger partial charge in [0.25, 0.3) is 0 Å². The predicted molar refractivity (Wildman–Crippen MR) is 71.6 cm³/mol. The van der Waals surface area contributed by atoms with E-state index >= 15 is 0 Å². The Kier molecular flexibility index (Phi) is 3.41. The molecule has 2 nitrogen and oxygen atoms in total. The lowest BCUT2D eigenvalue weighted by atomic mass is 10.0. The number of hydrogen-bond donors (Lipinski definition) is 1. The second kappa shape index (κ2) is 4.82. The number of allylic oxidation sites excluding steroid dienone is 1. The number of nitrogens with zero attached hydrogens (tertiary/aromatic N) is 1. The quantitative estimate of drug-likeness (QED) is 0.853. The van der Waals surface area contributed by atoms with Crippen LogP contribution >= 0.6 is 0 Å². The molecule has 1 aliphatic rings. The second-order valence-electron chi connectivity index (χ2n) is 4.98. The van der Waals surface area contributed by atoms with Crippen LogP contribution in [0.5, 0.6) is 0 Å². The second-order valence-corrected chi connectivity index (χ2v) is 4.98. The number of nitrogens with one attached hydrogen (secondary N) is 1. The molecule has 2 rings (SSSR count). The fourth-order valence-corrected chi connectivity index (χ4v) is 2.06. The van der Waals surface area contributed by atoms with E-state index in [2.05, 4.69) is 74.9 Å². The molecule has 0 aliphatic carbocycles. The van der Waals surface area contributed by atoms with E-state index in [4.69, 9.17) is 0 Å². The summed E-state index contributed by atoms with van der Waals surface area (Å²) in [5.74, 6) is 0.474. The van der Waals surface area contributed by atoms with Gasteiger partial charge in [0.15, 0.2) is 0 Å². The maximum Gasteiger partial charge on any atom is 0.205 e. The Bertz CT molecular complexity index is 404. The highest BCUT2D eigenvalue weighted by molar-refractivity contribution is 5.70. The zero-order valence-electron chi connectivity index (χ0n) is 11.0. The van der Waals surface area contributed by atoms with Gasteiger partial charge < -0.3 is 10.2 Å². The van der Waals surface area contributed by atoms with Crippen molar-refractivity contribution in [2.24, 2.45) is 5.92 Å². The van der Waals surface area contributed by atoms with E-state index in [0.29, 0.717) is 12.0 Å². The van der Waals surface area contributed by atoms with Crippen LogP contribution in [0.15, 0.2) is 36.0 Å². The van der Waals surface area contributed by atoms with E-state index in [9.17, 15) is 0 Å². The highest BCUT2D eigenvalue weighted by Crippen LogP contribution is 2.32. The van der Waals surface area contributed by atoms with Gasteiger partial charge in [-0.2, -0.15) is 0 Å². The van der Waals surface area contributed by atoms with Crippen LogP contribution < -0.4 is 5.32 Å².